The summed E-state index contributed by atoms with van der Waals surface area (Å²) in [5.74, 6) is -0.119. The Hall–Kier alpha value is -3.48. The molecule has 0 bridgehead atoms. The number of rotatable bonds is 6. The highest BCUT2D eigenvalue weighted by atomic mass is 16.2. The van der Waals surface area contributed by atoms with Gasteiger partial charge in [0, 0.05) is 19.2 Å². The minimum atomic E-state index is -0.663. The maximum absolute atomic E-state index is 12.8. The van der Waals surface area contributed by atoms with Gasteiger partial charge in [0.1, 0.15) is 6.04 Å². The van der Waals surface area contributed by atoms with Crippen LogP contribution in [0.25, 0.3) is 11.3 Å². The molecule has 1 unspecified atom stereocenters. The molecule has 0 radical (unpaired) electrons. The maximum Gasteiger partial charge on any atom is 0.248 e. The molecule has 7 nitrogen and oxygen atoms in total. The summed E-state index contributed by atoms with van der Waals surface area (Å²) in [6, 6.07) is 14.3. The second-order valence-electron chi connectivity index (χ2n) is 6.05. The lowest BCUT2D eigenvalue weighted by molar-refractivity contribution is -0.122. The van der Waals surface area contributed by atoms with Crippen molar-refractivity contribution in [2.24, 2.45) is 0 Å². The quantitative estimate of drug-likeness (QED) is 0.703. The number of pyridine rings is 1. The Labute approximate surface area is 157 Å². The fourth-order valence-electron chi connectivity index (χ4n) is 2.92. The normalized spacial score (nSPS) is 11.6. The Bertz CT molecular complexity index is 908. The van der Waals surface area contributed by atoms with Crippen LogP contribution in [0.2, 0.25) is 0 Å². The van der Waals surface area contributed by atoms with Crippen molar-refractivity contribution >= 4 is 23.3 Å². The summed E-state index contributed by atoms with van der Waals surface area (Å²) < 4.78 is 0. The van der Waals surface area contributed by atoms with E-state index in [-0.39, 0.29) is 11.8 Å². The van der Waals surface area contributed by atoms with E-state index in [0.29, 0.717) is 17.9 Å². The minimum absolute atomic E-state index is 0.225. The van der Waals surface area contributed by atoms with Crippen LogP contribution in [0.4, 0.5) is 11.5 Å². The van der Waals surface area contributed by atoms with Crippen molar-refractivity contribution in [3.63, 3.8) is 0 Å². The van der Waals surface area contributed by atoms with Gasteiger partial charge in [-0.2, -0.15) is 5.10 Å². The predicted octanol–water partition coefficient (Wildman–Crippen LogP) is 3.24. The highest BCUT2D eigenvalue weighted by Gasteiger charge is 2.28. The van der Waals surface area contributed by atoms with Crippen molar-refractivity contribution in [2.75, 3.05) is 10.2 Å². The molecule has 0 aliphatic heterocycles. The van der Waals surface area contributed by atoms with Crippen LogP contribution in [-0.2, 0) is 9.59 Å². The molecule has 0 aliphatic carbocycles. The van der Waals surface area contributed by atoms with Gasteiger partial charge in [-0.25, -0.2) is 0 Å². The number of aromatic amines is 1. The molecule has 2 amide bonds. The number of hydrogen-bond donors (Lipinski definition) is 2. The molecule has 3 rings (SSSR count). The zero-order chi connectivity index (χ0) is 19.2. The van der Waals surface area contributed by atoms with Crippen molar-refractivity contribution in [1.82, 2.24) is 15.2 Å². The number of carbonyl (C=O) groups excluding carboxylic acids is 2. The summed E-state index contributed by atoms with van der Waals surface area (Å²) in [6.07, 6.45) is 3.65. The van der Waals surface area contributed by atoms with Gasteiger partial charge in [0.2, 0.25) is 11.8 Å². The topological polar surface area (TPSA) is 91.0 Å². The second-order valence-corrected chi connectivity index (χ2v) is 6.05. The molecule has 27 heavy (non-hydrogen) atoms. The molecular formula is C20H21N5O2. The van der Waals surface area contributed by atoms with Crippen molar-refractivity contribution in [3.05, 3.63) is 60.9 Å². The molecule has 0 fully saturated rings. The fraction of sp³-hybridized carbons (Fsp3) is 0.200. The molecule has 0 aliphatic rings. The van der Waals surface area contributed by atoms with Gasteiger partial charge in [-0.3, -0.25) is 24.6 Å². The third-order valence-corrected chi connectivity index (χ3v) is 4.18. The van der Waals surface area contributed by atoms with Gasteiger partial charge in [0.05, 0.1) is 17.6 Å². The van der Waals surface area contributed by atoms with E-state index >= 15 is 0 Å². The zero-order valence-corrected chi connectivity index (χ0v) is 15.2. The molecule has 2 aromatic heterocycles. The van der Waals surface area contributed by atoms with E-state index in [9.17, 15) is 9.59 Å². The molecule has 0 saturated heterocycles. The van der Waals surface area contributed by atoms with Crippen molar-refractivity contribution in [1.29, 1.82) is 0 Å². The molecule has 1 aromatic carbocycles. The zero-order valence-electron chi connectivity index (χ0n) is 15.2. The second kappa shape index (κ2) is 8.27. The van der Waals surface area contributed by atoms with Crippen molar-refractivity contribution in [3.8, 4) is 11.3 Å². The number of carbonyl (C=O) groups is 2. The number of aromatic nitrogens is 3. The number of amides is 2. The predicted molar refractivity (Wildman–Crippen MR) is 104 cm³/mol. The summed E-state index contributed by atoms with van der Waals surface area (Å²) in [7, 11) is 0. The van der Waals surface area contributed by atoms with Gasteiger partial charge in [-0.15, -0.1) is 0 Å². The van der Waals surface area contributed by atoms with E-state index in [1.165, 1.54) is 11.8 Å². The van der Waals surface area contributed by atoms with Gasteiger partial charge in [0.15, 0.2) is 5.82 Å². The molecule has 0 spiro atoms. The van der Waals surface area contributed by atoms with E-state index in [1.54, 1.807) is 30.6 Å². The van der Waals surface area contributed by atoms with Crippen molar-refractivity contribution < 1.29 is 9.59 Å². The van der Waals surface area contributed by atoms with Crippen LogP contribution < -0.4 is 10.2 Å². The number of benzene rings is 1. The summed E-state index contributed by atoms with van der Waals surface area (Å²) in [4.78, 5) is 30.5. The van der Waals surface area contributed by atoms with Crippen LogP contribution in [0.5, 0.6) is 0 Å². The number of nitrogens with zero attached hydrogens (tertiary/aromatic N) is 3. The fourth-order valence-corrected chi connectivity index (χ4v) is 2.92. The molecule has 138 valence electrons. The third-order valence-electron chi connectivity index (χ3n) is 4.18. The molecule has 7 heteroatoms. The molecule has 1 atom stereocenters. The van der Waals surface area contributed by atoms with Crippen LogP contribution in [0.3, 0.4) is 0 Å². The summed E-state index contributed by atoms with van der Waals surface area (Å²) in [5.41, 5.74) is 2.35. The summed E-state index contributed by atoms with van der Waals surface area (Å²) in [6.45, 7) is 3.29. The van der Waals surface area contributed by atoms with E-state index in [4.69, 9.17) is 0 Å². The molecule has 0 saturated carbocycles. The molecule has 3 aromatic rings. The molecule has 2 heterocycles. The monoisotopic (exact) mass is 363 g/mol. The first-order chi connectivity index (χ1) is 13.1. The smallest absolute Gasteiger partial charge is 0.248 e. The van der Waals surface area contributed by atoms with E-state index in [0.717, 1.165) is 11.3 Å². The highest BCUT2D eigenvalue weighted by Crippen LogP contribution is 2.21. The Kier molecular flexibility index (Phi) is 5.61. The maximum atomic E-state index is 12.8. The van der Waals surface area contributed by atoms with E-state index < -0.39 is 6.04 Å². The average molecular weight is 363 g/mol. The van der Waals surface area contributed by atoms with E-state index in [1.807, 2.05) is 37.3 Å². The minimum Gasteiger partial charge on any atom is -0.307 e. The Morgan fingerprint density at radius 2 is 1.96 bits per heavy atom. The van der Waals surface area contributed by atoms with Gasteiger partial charge >= 0.3 is 0 Å². The van der Waals surface area contributed by atoms with Gasteiger partial charge in [-0.1, -0.05) is 37.3 Å². The molecular weight excluding hydrogens is 342 g/mol. The lowest BCUT2D eigenvalue weighted by Crippen LogP contribution is -2.46. The Morgan fingerprint density at radius 1 is 1.19 bits per heavy atom. The van der Waals surface area contributed by atoms with Gasteiger partial charge < -0.3 is 5.32 Å². The number of hydrogen-bond acceptors (Lipinski definition) is 4. The van der Waals surface area contributed by atoms with Crippen LogP contribution in [0.15, 0.2) is 60.9 Å². The number of H-pyrrole nitrogens is 1. The third kappa shape index (κ3) is 4.20. The Morgan fingerprint density at radius 3 is 2.59 bits per heavy atom. The summed E-state index contributed by atoms with van der Waals surface area (Å²) in [5, 5.41) is 9.86. The highest BCUT2D eigenvalue weighted by molar-refractivity contribution is 6.04. The van der Waals surface area contributed by atoms with Crippen LogP contribution in [0, 0.1) is 0 Å². The first-order valence-corrected chi connectivity index (χ1v) is 8.71. The lowest BCUT2D eigenvalue weighted by Gasteiger charge is -2.28. The lowest BCUT2D eigenvalue weighted by atomic mass is 10.1. The summed E-state index contributed by atoms with van der Waals surface area (Å²) >= 11 is 0. The first kappa shape index (κ1) is 18.3. The first-order valence-electron chi connectivity index (χ1n) is 8.71. The number of anilines is 2. The molecule has 2 N–H and O–H groups in total. The van der Waals surface area contributed by atoms with Crippen LogP contribution >= 0.6 is 0 Å². The van der Waals surface area contributed by atoms with Crippen LogP contribution in [0.1, 0.15) is 20.3 Å². The van der Waals surface area contributed by atoms with Crippen molar-refractivity contribution in [2.45, 2.75) is 26.3 Å². The SMILES string of the molecule is CCC(C(=O)Nc1cc(-c2ccccc2)[nH]n1)N(C(C)=O)c1cccnc1. The average Bonchev–Trinajstić information content (AvgIpc) is 3.15. The van der Waals surface area contributed by atoms with Gasteiger partial charge in [0.25, 0.3) is 0 Å². The van der Waals surface area contributed by atoms with E-state index in [2.05, 4.69) is 20.5 Å². The van der Waals surface area contributed by atoms with Crippen LogP contribution in [-0.4, -0.2) is 33.0 Å². The van der Waals surface area contributed by atoms with Gasteiger partial charge in [-0.05, 0) is 24.1 Å². The Balaban J connectivity index is 1.79. The largest absolute Gasteiger partial charge is 0.307 e. The standard InChI is InChI=1S/C20H21N5O2/c1-3-18(25(14(2)26)16-10-7-11-21-13-16)20(27)22-19-12-17(23-24-19)15-8-5-4-6-9-15/h4-13,18H,3H2,1-2H3,(H2,22,23,24,27). The number of nitrogens with one attached hydrogen (secondary N) is 2.